The SMILES string of the molecule is Cc1cccc(-c2nn(-c3ccccc3)cc2C(=O)Nc2ccc(C(N)=O)cc2)c1. The van der Waals surface area contributed by atoms with Gasteiger partial charge in [0.15, 0.2) is 0 Å². The summed E-state index contributed by atoms with van der Waals surface area (Å²) in [5.74, 6) is -0.806. The smallest absolute Gasteiger partial charge is 0.259 e. The quantitative estimate of drug-likeness (QED) is 0.530. The Morgan fingerprint density at radius 2 is 1.67 bits per heavy atom. The molecule has 0 spiro atoms. The van der Waals surface area contributed by atoms with Crippen LogP contribution in [0.4, 0.5) is 5.69 Å². The van der Waals surface area contributed by atoms with Crippen LogP contribution in [0.25, 0.3) is 16.9 Å². The van der Waals surface area contributed by atoms with Crippen molar-refractivity contribution in [3.05, 3.63) is 102 Å². The standard InChI is InChI=1S/C24H20N4O2/c1-16-6-5-7-18(14-16)22-21(15-28(27-22)20-8-3-2-4-9-20)24(30)26-19-12-10-17(11-13-19)23(25)29/h2-15H,1H3,(H2,25,29)(H,26,30). The van der Waals surface area contributed by atoms with E-state index in [0.717, 1.165) is 16.8 Å². The van der Waals surface area contributed by atoms with Gasteiger partial charge in [0.2, 0.25) is 5.91 Å². The van der Waals surface area contributed by atoms with Gasteiger partial charge in [0.25, 0.3) is 5.91 Å². The lowest BCUT2D eigenvalue weighted by molar-refractivity contribution is 0.0998. The Morgan fingerprint density at radius 3 is 2.33 bits per heavy atom. The minimum Gasteiger partial charge on any atom is -0.366 e. The van der Waals surface area contributed by atoms with Gasteiger partial charge in [-0.15, -0.1) is 0 Å². The molecular weight excluding hydrogens is 376 g/mol. The maximum atomic E-state index is 13.1. The van der Waals surface area contributed by atoms with E-state index in [1.165, 1.54) is 0 Å². The topological polar surface area (TPSA) is 90.0 Å². The minimum atomic E-state index is -0.515. The summed E-state index contributed by atoms with van der Waals surface area (Å²) < 4.78 is 1.70. The molecule has 0 radical (unpaired) electrons. The molecule has 0 bridgehead atoms. The van der Waals surface area contributed by atoms with Crippen LogP contribution in [0, 0.1) is 6.92 Å². The molecule has 4 aromatic rings. The van der Waals surface area contributed by atoms with E-state index >= 15 is 0 Å². The summed E-state index contributed by atoms with van der Waals surface area (Å²) in [5, 5.41) is 7.56. The molecule has 0 unspecified atom stereocenters. The first kappa shape index (κ1) is 19.1. The molecule has 0 aliphatic heterocycles. The van der Waals surface area contributed by atoms with E-state index in [4.69, 9.17) is 5.73 Å². The number of carbonyl (C=O) groups excluding carboxylic acids is 2. The summed E-state index contributed by atoms with van der Waals surface area (Å²) in [5.41, 5.74) is 10.1. The highest BCUT2D eigenvalue weighted by atomic mass is 16.2. The Morgan fingerprint density at radius 1 is 0.933 bits per heavy atom. The zero-order valence-corrected chi connectivity index (χ0v) is 16.4. The number of para-hydroxylation sites is 1. The van der Waals surface area contributed by atoms with E-state index in [2.05, 4.69) is 10.4 Å². The number of aromatic nitrogens is 2. The molecule has 4 rings (SSSR count). The summed E-state index contributed by atoms with van der Waals surface area (Å²) in [4.78, 5) is 24.3. The molecule has 2 amide bonds. The van der Waals surface area contributed by atoms with Gasteiger partial charge in [0, 0.05) is 23.0 Å². The third kappa shape index (κ3) is 3.98. The molecule has 6 nitrogen and oxygen atoms in total. The molecule has 0 saturated heterocycles. The van der Waals surface area contributed by atoms with E-state index in [-0.39, 0.29) is 5.91 Å². The molecular formula is C24H20N4O2. The molecule has 0 atom stereocenters. The number of nitrogens with one attached hydrogen (secondary N) is 1. The van der Waals surface area contributed by atoms with E-state index in [1.807, 2.05) is 61.5 Å². The number of carbonyl (C=O) groups is 2. The van der Waals surface area contributed by atoms with Crippen molar-refractivity contribution in [2.24, 2.45) is 5.73 Å². The van der Waals surface area contributed by atoms with Crippen molar-refractivity contribution >= 4 is 17.5 Å². The van der Waals surface area contributed by atoms with Crippen molar-refractivity contribution in [1.82, 2.24) is 9.78 Å². The molecule has 148 valence electrons. The second kappa shape index (κ2) is 8.05. The summed E-state index contributed by atoms with van der Waals surface area (Å²) in [6.45, 7) is 2.00. The minimum absolute atomic E-state index is 0.291. The number of hydrogen-bond acceptors (Lipinski definition) is 3. The maximum absolute atomic E-state index is 13.1. The number of aryl methyl sites for hydroxylation is 1. The van der Waals surface area contributed by atoms with Gasteiger partial charge >= 0.3 is 0 Å². The van der Waals surface area contributed by atoms with Crippen molar-refractivity contribution < 1.29 is 9.59 Å². The second-order valence-electron chi connectivity index (χ2n) is 6.94. The van der Waals surface area contributed by atoms with E-state index in [0.29, 0.717) is 22.5 Å². The number of nitrogens with zero attached hydrogens (tertiary/aromatic N) is 2. The summed E-state index contributed by atoms with van der Waals surface area (Å²) in [6, 6.07) is 23.9. The van der Waals surface area contributed by atoms with Gasteiger partial charge in [-0.05, 0) is 49.4 Å². The van der Waals surface area contributed by atoms with Crippen molar-refractivity contribution in [2.75, 3.05) is 5.32 Å². The number of amides is 2. The fraction of sp³-hybridized carbons (Fsp3) is 0.0417. The van der Waals surface area contributed by atoms with Gasteiger partial charge < -0.3 is 11.1 Å². The normalized spacial score (nSPS) is 10.6. The third-order valence-electron chi connectivity index (χ3n) is 4.70. The lowest BCUT2D eigenvalue weighted by atomic mass is 10.1. The van der Waals surface area contributed by atoms with Gasteiger partial charge in [-0.3, -0.25) is 9.59 Å². The van der Waals surface area contributed by atoms with Gasteiger partial charge in [-0.2, -0.15) is 5.10 Å². The van der Waals surface area contributed by atoms with Crippen LogP contribution in [0.5, 0.6) is 0 Å². The van der Waals surface area contributed by atoms with Gasteiger partial charge in [0.1, 0.15) is 5.69 Å². The molecule has 3 aromatic carbocycles. The lowest BCUT2D eigenvalue weighted by Gasteiger charge is -2.06. The Hall–Kier alpha value is -4.19. The number of rotatable bonds is 5. The fourth-order valence-corrected chi connectivity index (χ4v) is 3.17. The molecule has 0 fully saturated rings. The summed E-state index contributed by atoms with van der Waals surface area (Å²) in [7, 11) is 0. The Bertz CT molecular complexity index is 1210. The molecule has 1 aromatic heterocycles. The molecule has 0 saturated carbocycles. The molecule has 30 heavy (non-hydrogen) atoms. The molecule has 1 heterocycles. The van der Waals surface area contributed by atoms with Crippen molar-refractivity contribution in [3.63, 3.8) is 0 Å². The highest BCUT2D eigenvalue weighted by Gasteiger charge is 2.19. The molecule has 6 heteroatoms. The zero-order chi connectivity index (χ0) is 21.1. The zero-order valence-electron chi connectivity index (χ0n) is 16.4. The van der Waals surface area contributed by atoms with Crippen molar-refractivity contribution in [3.8, 4) is 16.9 Å². The number of hydrogen-bond donors (Lipinski definition) is 2. The van der Waals surface area contributed by atoms with E-state index in [1.54, 1.807) is 35.1 Å². The fourth-order valence-electron chi connectivity index (χ4n) is 3.17. The van der Waals surface area contributed by atoms with Crippen LogP contribution >= 0.6 is 0 Å². The Labute approximate surface area is 174 Å². The highest BCUT2D eigenvalue weighted by Crippen LogP contribution is 2.25. The van der Waals surface area contributed by atoms with Crippen molar-refractivity contribution in [1.29, 1.82) is 0 Å². The van der Waals surface area contributed by atoms with Crippen LogP contribution in [0.1, 0.15) is 26.3 Å². The average molecular weight is 396 g/mol. The lowest BCUT2D eigenvalue weighted by Crippen LogP contribution is -2.13. The van der Waals surface area contributed by atoms with Crippen LogP contribution < -0.4 is 11.1 Å². The van der Waals surface area contributed by atoms with Crippen LogP contribution in [0.2, 0.25) is 0 Å². The molecule has 0 aliphatic rings. The van der Waals surface area contributed by atoms with E-state index < -0.39 is 5.91 Å². The van der Waals surface area contributed by atoms with E-state index in [9.17, 15) is 9.59 Å². The molecule has 3 N–H and O–H groups in total. The first-order valence-electron chi connectivity index (χ1n) is 9.44. The molecule has 0 aliphatic carbocycles. The van der Waals surface area contributed by atoms with Crippen LogP contribution in [-0.4, -0.2) is 21.6 Å². The number of primary amides is 1. The van der Waals surface area contributed by atoms with Crippen LogP contribution in [0.15, 0.2) is 85.1 Å². The Balaban J connectivity index is 1.72. The highest BCUT2D eigenvalue weighted by molar-refractivity contribution is 6.08. The van der Waals surface area contributed by atoms with Gasteiger partial charge in [0.05, 0.1) is 11.3 Å². The van der Waals surface area contributed by atoms with Gasteiger partial charge in [-0.1, -0.05) is 42.0 Å². The third-order valence-corrected chi connectivity index (χ3v) is 4.70. The first-order chi connectivity index (χ1) is 14.5. The predicted octanol–water partition coefficient (Wildman–Crippen LogP) is 4.20. The number of benzene rings is 3. The number of anilines is 1. The Kier molecular flexibility index (Phi) is 5.13. The number of nitrogens with two attached hydrogens (primary N) is 1. The predicted molar refractivity (Wildman–Crippen MR) is 117 cm³/mol. The summed E-state index contributed by atoms with van der Waals surface area (Å²) >= 11 is 0. The summed E-state index contributed by atoms with van der Waals surface area (Å²) in [6.07, 6.45) is 1.72. The maximum Gasteiger partial charge on any atom is 0.259 e. The average Bonchev–Trinajstić information content (AvgIpc) is 3.20. The van der Waals surface area contributed by atoms with Gasteiger partial charge in [-0.25, -0.2) is 4.68 Å². The first-order valence-corrected chi connectivity index (χ1v) is 9.44. The monoisotopic (exact) mass is 396 g/mol. The largest absolute Gasteiger partial charge is 0.366 e. The van der Waals surface area contributed by atoms with Crippen LogP contribution in [-0.2, 0) is 0 Å². The van der Waals surface area contributed by atoms with Crippen molar-refractivity contribution in [2.45, 2.75) is 6.92 Å². The van der Waals surface area contributed by atoms with Crippen LogP contribution in [0.3, 0.4) is 0 Å². The second-order valence-corrected chi connectivity index (χ2v) is 6.94.